The predicted octanol–water partition coefficient (Wildman–Crippen LogP) is 1.90. The molecule has 1 saturated heterocycles. The summed E-state index contributed by atoms with van der Waals surface area (Å²) >= 11 is 0. The van der Waals surface area contributed by atoms with Gasteiger partial charge in [0.05, 0.1) is 0 Å². The van der Waals surface area contributed by atoms with Crippen LogP contribution < -0.4 is 10.6 Å². The van der Waals surface area contributed by atoms with E-state index in [4.69, 9.17) is 0 Å². The summed E-state index contributed by atoms with van der Waals surface area (Å²) in [5, 5.41) is 6.57. The van der Waals surface area contributed by atoms with Crippen LogP contribution in [0.3, 0.4) is 0 Å². The van der Waals surface area contributed by atoms with E-state index in [9.17, 15) is 4.79 Å². The molecule has 0 aromatic rings. The van der Waals surface area contributed by atoms with E-state index in [0.29, 0.717) is 12.5 Å². The third-order valence-corrected chi connectivity index (χ3v) is 4.87. The molecule has 0 aromatic carbocycles. The summed E-state index contributed by atoms with van der Waals surface area (Å²) in [7, 11) is 2.19. The molecule has 1 atom stereocenters. The lowest BCUT2D eigenvalue weighted by atomic mass is 10.0. The molecule has 2 rings (SSSR count). The molecule has 4 heteroatoms. The van der Waals surface area contributed by atoms with Crippen LogP contribution in [0.2, 0.25) is 0 Å². The van der Waals surface area contributed by atoms with E-state index in [0.717, 1.165) is 32.1 Å². The molecule has 0 aromatic heterocycles. The van der Waals surface area contributed by atoms with Gasteiger partial charge in [0.15, 0.2) is 0 Å². The van der Waals surface area contributed by atoms with Crippen molar-refractivity contribution in [1.29, 1.82) is 0 Å². The Balaban J connectivity index is 1.51. The maximum absolute atomic E-state index is 11.8. The first-order chi connectivity index (χ1) is 9.75. The SMILES string of the molecule is CN(CCNC(=O)CCC1CCCCN1)C1CCCC1. The minimum atomic E-state index is 0.220. The molecule has 2 aliphatic rings. The zero-order chi connectivity index (χ0) is 14.2. The fraction of sp³-hybridized carbons (Fsp3) is 0.938. The molecule has 1 amide bonds. The van der Waals surface area contributed by atoms with Crippen molar-refractivity contribution in [2.45, 2.75) is 69.9 Å². The minimum absolute atomic E-state index is 0.220. The molecule has 116 valence electrons. The molecule has 1 saturated carbocycles. The van der Waals surface area contributed by atoms with Crippen molar-refractivity contribution in [2.24, 2.45) is 0 Å². The quantitative estimate of drug-likeness (QED) is 0.749. The van der Waals surface area contributed by atoms with Crippen molar-refractivity contribution in [2.75, 3.05) is 26.7 Å². The summed E-state index contributed by atoms with van der Waals surface area (Å²) in [6.07, 6.45) is 10.9. The van der Waals surface area contributed by atoms with Crippen molar-refractivity contribution in [3.63, 3.8) is 0 Å². The van der Waals surface area contributed by atoms with Crippen molar-refractivity contribution < 1.29 is 4.79 Å². The molecule has 2 fully saturated rings. The van der Waals surface area contributed by atoms with Crippen molar-refractivity contribution >= 4 is 5.91 Å². The summed E-state index contributed by atoms with van der Waals surface area (Å²) in [6.45, 7) is 2.90. The molecule has 4 nitrogen and oxygen atoms in total. The molecule has 1 aliphatic carbocycles. The van der Waals surface area contributed by atoms with E-state index in [1.807, 2.05) is 0 Å². The van der Waals surface area contributed by atoms with E-state index >= 15 is 0 Å². The van der Waals surface area contributed by atoms with Gasteiger partial charge in [-0.05, 0) is 45.7 Å². The number of piperidine rings is 1. The largest absolute Gasteiger partial charge is 0.355 e. The second kappa shape index (κ2) is 8.63. The highest BCUT2D eigenvalue weighted by Gasteiger charge is 2.19. The van der Waals surface area contributed by atoms with Gasteiger partial charge in [-0.25, -0.2) is 0 Å². The summed E-state index contributed by atoms with van der Waals surface area (Å²) in [6, 6.07) is 1.31. The first-order valence-electron chi connectivity index (χ1n) is 8.46. The van der Waals surface area contributed by atoms with Gasteiger partial charge in [-0.1, -0.05) is 19.3 Å². The Kier molecular flexibility index (Phi) is 6.80. The first-order valence-corrected chi connectivity index (χ1v) is 8.46. The van der Waals surface area contributed by atoms with Gasteiger partial charge in [-0.3, -0.25) is 4.79 Å². The van der Waals surface area contributed by atoms with E-state index in [1.165, 1.54) is 44.9 Å². The van der Waals surface area contributed by atoms with Crippen LogP contribution in [0.25, 0.3) is 0 Å². The average molecular weight is 281 g/mol. The number of hydrogen-bond acceptors (Lipinski definition) is 3. The third-order valence-electron chi connectivity index (χ3n) is 4.87. The van der Waals surface area contributed by atoms with Gasteiger partial charge < -0.3 is 15.5 Å². The molecule has 2 N–H and O–H groups in total. The maximum Gasteiger partial charge on any atom is 0.220 e. The van der Waals surface area contributed by atoms with Crippen LogP contribution in [0.1, 0.15) is 57.8 Å². The van der Waals surface area contributed by atoms with Crippen LogP contribution in [0.4, 0.5) is 0 Å². The van der Waals surface area contributed by atoms with Gasteiger partial charge in [0.25, 0.3) is 0 Å². The van der Waals surface area contributed by atoms with Gasteiger partial charge in [0, 0.05) is 31.6 Å². The van der Waals surface area contributed by atoms with Gasteiger partial charge in [-0.15, -0.1) is 0 Å². The summed E-state index contributed by atoms with van der Waals surface area (Å²) in [4.78, 5) is 14.2. The Morgan fingerprint density at radius 3 is 2.65 bits per heavy atom. The van der Waals surface area contributed by atoms with Crippen LogP contribution >= 0.6 is 0 Å². The molecule has 0 bridgehead atoms. The monoisotopic (exact) mass is 281 g/mol. The van der Waals surface area contributed by atoms with E-state index in [2.05, 4.69) is 22.6 Å². The van der Waals surface area contributed by atoms with Crippen LogP contribution in [0.5, 0.6) is 0 Å². The zero-order valence-corrected chi connectivity index (χ0v) is 13.0. The number of amides is 1. The van der Waals surface area contributed by atoms with Gasteiger partial charge in [0.1, 0.15) is 0 Å². The predicted molar refractivity (Wildman–Crippen MR) is 82.8 cm³/mol. The number of carbonyl (C=O) groups excluding carboxylic acids is 1. The highest BCUT2D eigenvalue weighted by Crippen LogP contribution is 2.21. The number of rotatable bonds is 7. The number of carbonyl (C=O) groups is 1. The molecule has 1 heterocycles. The number of hydrogen-bond donors (Lipinski definition) is 2. The van der Waals surface area contributed by atoms with Gasteiger partial charge >= 0.3 is 0 Å². The number of nitrogens with one attached hydrogen (secondary N) is 2. The van der Waals surface area contributed by atoms with Crippen LogP contribution in [-0.4, -0.2) is 49.6 Å². The lowest BCUT2D eigenvalue weighted by Gasteiger charge is -2.24. The average Bonchev–Trinajstić information content (AvgIpc) is 3.00. The second-order valence-corrected chi connectivity index (χ2v) is 6.45. The Bertz CT molecular complexity index is 283. The Labute approximate surface area is 123 Å². The topological polar surface area (TPSA) is 44.4 Å². The fourth-order valence-electron chi connectivity index (χ4n) is 3.46. The lowest BCUT2D eigenvalue weighted by molar-refractivity contribution is -0.121. The van der Waals surface area contributed by atoms with Crippen molar-refractivity contribution in [3.8, 4) is 0 Å². The second-order valence-electron chi connectivity index (χ2n) is 6.45. The first kappa shape index (κ1) is 15.8. The Morgan fingerprint density at radius 1 is 1.20 bits per heavy atom. The molecular weight excluding hydrogens is 250 g/mol. The Hall–Kier alpha value is -0.610. The molecule has 1 unspecified atom stereocenters. The molecule has 1 aliphatic heterocycles. The minimum Gasteiger partial charge on any atom is -0.355 e. The maximum atomic E-state index is 11.8. The normalized spacial score (nSPS) is 24.2. The molecule has 0 spiro atoms. The van der Waals surface area contributed by atoms with Gasteiger partial charge in [-0.2, -0.15) is 0 Å². The van der Waals surface area contributed by atoms with Crippen LogP contribution in [0, 0.1) is 0 Å². The number of nitrogens with zero attached hydrogens (tertiary/aromatic N) is 1. The molecule has 20 heavy (non-hydrogen) atoms. The summed E-state index contributed by atoms with van der Waals surface area (Å²) < 4.78 is 0. The third kappa shape index (κ3) is 5.41. The standard InChI is InChI=1S/C16H31N3O/c1-19(15-7-2-3-8-15)13-12-18-16(20)10-9-14-6-4-5-11-17-14/h14-15,17H,2-13H2,1H3,(H,18,20). The van der Waals surface area contributed by atoms with Gasteiger partial charge in [0.2, 0.25) is 5.91 Å². The van der Waals surface area contributed by atoms with Crippen LogP contribution in [0.15, 0.2) is 0 Å². The summed E-state index contributed by atoms with van der Waals surface area (Å²) in [5.74, 6) is 0.220. The molecule has 0 radical (unpaired) electrons. The zero-order valence-electron chi connectivity index (χ0n) is 13.0. The number of likely N-dealkylation sites (N-methyl/N-ethyl adjacent to an activating group) is 1. The fourth-order valence-corrected chi connectivity index (χ4v) is 3.46. The summed E-state index contributed by atoms with van der Waals surface area (Å²) in [5.41, 5.74) is 0. The van der Waals surface area contributed by atoms with E-state index in [1.54, 1.807) is 0 Å². The van der Waals surface area contributed by atoms with Crippen molar-refractivity contribution in [1.82, 2.24) is 15.5 Å². The highest BCUT2D eigenvalue weighted by molar-refractivity contribution is 5.75. The van der Waals surface area contributed by atoms with E-state index in [-0.39, 0.29) is 5.91 Å². The van der Waals surface area contributed by atoms with Crippen molar-refractivity contribution in [3.05, 3.63) is 0 Å². The smallest absolute Gasteiger partial charge is 0.220 e. The van der Waals surface area contributed by atoms with Crippen LogP contribution in [-0.2, 0) is 4.79 Å². The lowest BCUT2D eigenvalue weighted by Crippen LogP contribution is -2.38. The highest BCUT2D eigenvalue weighted by atomic mass is 16.1. The van der Waals surface area contributed by atoms with E-state index < -0.39 is 0 Å². The Morgan fingerprint density at radius 2 is 1.95 bits per heavy atom. The molecular formula is C16H31N3O.